The third kappa shape index (κ3) is 50.2. The fraction of sp³-hybridized carbons (Fsp3) is 0.944. The Morgan fingerprint density at radius 2 is 0.585 bits per heavy atom. The van der Waals surface area contributed by atoms with Crippen molar-refractivity contribution >= 4 is 49.6 Å². The van der Waals surface area contributed by atoms with Gasteiger partial charge in [0.1, 0.15) is 0 Å². The van der Waals surface area contributed by atoms with Gasteiger partial charge in [-0.05, 0) is 12.8 Å². The summed E-state index contributed by atoms with van der Waals surface area (Å²) in [6.45, 7) is 4.55. The summed E-state index contributed by atoms with van der Waals surface area (Å²) in [5.41, 5.74) is 5.11. The predicted octanol–water partition coefficient (Wildman–Crippen LogP) is 11.1. The van der Waals surface area contributed by atoms with Crippen LogP contribution in [-0.2, 0) is 9.59 Å². The molecule has 0 saturated carbocycles. The van der Waals surface area contributed by atoms with Crippen LogP contribution >= 0.6 is 0 Å². The van der Waals surface area contributed by atoms with E-state index in [9.17, 15) is 9.59 Å². The molecule has 244 valence electrons. The molecule has 4 nitrogen and oxygen atoms in total. The van der Waals surface area contributed by atoms with Crippen LogP contribution in [0.25, 0.3) is 0 Å². The van der Waals surface area contributed by atoms with Crippen LogP contribution in [-0.4, -0.2) is 54.7 Å². The van der Waals surface area contributed by atoms with Gasteiger partial charge in [-0.15, -0.1) is 0 Å². The second-order valence-corrected chi connectivity index (χ2v) is 12.3. The van der Waals surface area contributed by atoms with Crippen LogP contribution in [0.15, 0.2) is 0 Å². The van der Waals surface area contributed by atoms with Crippen molar-refractivity contribution in [2.24, 2.45) is 5.73 Å². The number of carboxylic acid groups (broad SMARTS) is 1. The molecule has 0 unspecified atom stereocenters. The average Bonchev–Trinajstić information content (AvgIpc) is 2.93. The number of primary amides is 1. The number of aliphatic carboxylic acids is 1. The van der Waals surface area contributed by atoms with Gasteiger partial charge in [-0.3, -0.25) is 9.59 Å². The molecule has 3 N–H and O–H groups in total. The molecule has 0 aliphatic rings. The molecule has 0 saturated heterocycles. The van der Waals surface area contributed by atoms with E-state index in [0.717, 1.165) is 19.3 Å². The summed E-state index contributed by atoms with van der Waals surface area (Å²) < 4.78 is 0. The van der Waals surface area contributed by atoms with Crippen LogP contribution < -0.4 is 5.73 Å². The number of rotatable bonds is 32. The van der Waals surface area contributed by atoms with Crippen LogP contribution in [0.3, 0.4) is 0 Å². The standard InChI is InChI=1S/C18H37NO.C18H36O2.Ca.2H/c2*1-2-3-4-5-6-7-8-9-10-11-12-13-14-15-16-17-18(19)20;;;/h2-17H2,1H3,(H2,19,20);2-17H2,1H3,(H,19,20);;;. The minimum atomic E-state index is -0.653. The van der Waals surface area contributed by atoms with Gasteiger partial charge in [-0.2, -0.15) is 0 Å². The summed E-state index contributed by atoms with van der Waals surface area (Å²) in [7, 11) is 0. The van der Waals surface area contributed by atoms with E-state index in [4.69, 9.17) is 10.8 Å². The van der Waals surface area contributed by atoms with E-state index in [2.05, 4.69) is 13.8 Å². The summed E-state index contributed by atoms with van der Waals surface area (Å²) in [5, 5.41) is 8.52. The van der Waals surface area contributed by atoms with Crippen LogP contribution in [0, 0.1) is 0 Å². The first-order valence-corrected chi connectivity index (χ1v) is 18.0. The molecule has 0 aromatic carbocycles. The quantitative estimate of drug-likeness (QED) is 0.0588. The Hall–Kier alpha value is 0.200. The molecule has 0 heterocycles. The third-order valence-corrected chi connectivity index (χ3v) is 8.02. The van der Waals surface area contributed by atoms with Gasteiger partial charge in [0.2, 0.25) is 5.91 Å². The molecule has 0 spiro atoms. The zero-order valence-electron chi connectivity index (χ0n) is 27.5. The Balaban J connectivity index is -0.000000688. The van der Waals surface area contributed by atoms with Gasteiger partial charge < -0.3 is 10.8 Å². The fourth-order valence-electron chi connectivity index (χ4n) is 5.32. The summed E-state index contributed by atoms with van der Waals surface area (Å²) in [5.74, 6) is -0.806. The van der Waals surface area contributed by atoms with E-state index in [0.29, 0.717) is 12.8 Å². The van der Waals surface area contributed by atoms with Gasteiger partial charge >= 0.3 is 43.7 Å². The Kier molecular flexibility index (Phi) is 47.1. The first-order chi connectivity index (χ1) is 19.5. The number of carbonyl (C=O) groups is 2. The van der Waals surface area contributed by atoms with Crippen LogP contribution in [0.5, 0.6) is 0 Å². The van der Waals surface area contributed by atoms with Gasteiger partial charge in [0.25, 0.3) is 0 Å². The second-order valence-electron chi connectivity index (χ2n) is 12.3. The van der Waals surface area contributed by atoms with Crippen molar-refractivity contribution in [3.63, 3.8) is 0 Å². The molecule has 0 rings (SSSR count). The molecule has 0 bridgehead atoms. The Labute approximate surface area is 287 Å². The summed E-state index contributed by atoms with van der Waals surface area (Å²) >= 11 is 0. The Bertz CT molecular complexity index is 457. The molecule has 0 aromatic rings. The summed E-state index contributed by atoms with van der Waals surface area (Å²) in [4.78, 5) is 20.9. The number of carbonyl (C=O) groups excluding carboxylic acids is 1. The molecule has 0 aliphatic heterocycles. The van der Waals surface area contributed by atoms with Gasteiger partial charge in [0.15, 0.2) is 0 Å². The number of nitrogens with two attached hydrogens (primary N) is 1. The number of hydrogen-bond acceptors (Lipinski definition) is 2. The van der Waals surface area contributed by atoms with Crippen molar-refractivity contribution in [2.75, 3.05) is 0 Å². The zero-order valence-corrected chi connectivity index (χ0v) is 27.5. The maximum atomic E-state index is 10.6. The first kappa shape index (κ1) is 45.6. The number of hydrogen-bond donors (Lipinski definition) is 2. The second kappa shape index (κ2) is 42.3. The first-order valence-electron chi connectivity index (χ1n) is 18.0. The van der Waals surface area contributed by atoms with Crippen LogP contribution in [0.2, 0.25) is 0 Å². The van der Waals surface area contributed by atoms with Crippen molar-refractivity contribution < 1.29 is 14.7 Å². The van der Waals surface area contributed by atoms with E-state index in [1.165, 1.54) is 173 Å². The maximum absolute atomic E-state index is 10.6. The minimum absolute atomic E-state index is 0. The SMILES string of the molecule is CCCCCCCCCCCCCCCCCC(=O)O.CCCCCCCCCCCCCCCCCC(N)=O.[CaH2]. The van der Waals surface area contributed by atoms with E-state index >= 15 is 0 Å². The van der Waals surface area contributed by atoms with Crippen molar-refractivity contribution in [2.45, 2.75) is 219 Å². The van der Waals surface area contributed by atoms with Gasteiger partial charge in [0, 0.05) is 12.8 Å². The zero-order chi connectivity index (χ0) is 29.8. The Morgan fingerprint density at radius 1 is 0.390 bits per heavy atom. The monoisotopic (exact) mass is 610 g/mol. The molecular weight excluding hydrogens is 534 g/mol. The van der Waals surface area contributed by atoms with Crippen LogP contribution in [0.4, 0.5) is 0 Å². The number of amides is 1. The molecule has 0 aromatic heterocycles. The third-order valence-electron chi connectivity index (χ3n) is 8.02. The molecule has 41 heavy (non-hydrogen) atoms. The van der Waals surface area contributed by atoms with Gasteiger partial charge in [-0.25, -0.2) is 0 Å². The van der Waals surface area contributed by atoms with Gasteiger partial charge in [0.05, 0.1) is 0 Å². The summed E-state index contributed by atoms with van der Waals surface area (Å²) in [6.07, 6.45) is 41.1. The predicted molar refractivity (Wildman–Crippen MR) is 184 cm³/mol. The van der Waals surface area contributed by atoms with Crippen LogP contribution in [0.1, 0.15) is 219 Å². The van der Waals surface area contributed by atoms with Gasteiger partial charge in [-0.1, -0.05) is 194 Å². The molecule has 0 aliphatic carbocycles. The van der Waals surface area contributed by atoms with E-state index in [-0.39, 0.29) is 43.6 Å². The Morgan fingerprint density at radius 3 is 0.780 bits per heavy atom. The molecule has 5 heteroatoms. The molecule has 0 fully saturated rings. The number of carboxylic acids is 1. The number of unbranched alkanes of at least 4 members (excludes halogenated alkanes) is 28. The molecule has 0 atom stereocenters. The molecule has 1 amide bonds. The van der Waals surface area contributed by atoms with Crippen molar-refractivity contribution in [1.82, 2.24) is 0 Å². The molecule has 0 radical (unpaired) electrons. The van der Waals surface area contributed by atoms with E-state index in [1.54, 1.807) is 0 Å². The van der Waals surface area contributed by atoms with Crippen molar-refractivity contribution in [3.05, 3.63) is 0 Å². The van der Waals surface area contributed by atoms with Crippen molar-refractivity contribution in [1.29, 1.82) is 0 Å². The van der Waals surface area contributed by atoms with E-state index in [1.807, 2.05) is 0 Å². The average molecular weight is 610 g/mol. The fourth-order valence-corrected chi connectivity index (χ4v) is 5.32. The van der Waals surface area contributed by atoms with Crippen molar-refractivity contribution in [3.8, 4) is 0 Å². The summed E-state index contributed by atoms with van der Waals surface area (Å²) in [6, 6.07) is 0. The molecular formula is C36H75CaNO3. The topological polar surface area (TPSA) is 80.4 Å². The van der Waals surface area contributed by atoms with E-state index < -0.39 is 5.97 Å². The normalized spacial score (nSPS) is 10.6.